The minimum Gasteiger partial charge on any atom is -0.387 e. The quantitative estimate of drug-likeness (QED) is 0.640. The summed E-state index contributed by atoms with van der Waals surface area (Å²) in [6.45, 7) is 5.72. The van der Waals surface area contributed by atoms with Crippen LogP contribution in [-0.4, -0.2) is 23.8 Å². The Hall–Kier alpha value is -1.58. The predicted molar refractivity (Wildman–Crippen MR) is 128 cm³/mol. The van der Waals surface area contributed by atoms with E-state index in [1.54, 1.807) is 6.08 Å². The Morgan fingerprint density at radius 2 is 1.70 bits per heavy atom. The Morgan fingerprint density at radius 3 is 2.39 bits per heavy atom. The molecule has 6 saturated carbocycles. The molecule has 0 radical (unpaired) electrons. The molecule has 4 heteroatoms. The van der Waals surface area contributed by atoms with E-state index >= 15 is 0 Å². The van der Waals surface area contributed by atoms with Crippen molar-refractivity contribution in [3.63, 3.8) is 0 Å². The lowest BCUT2D eigenvalue weighted by molar-refractivity contribution is -0.137. The molecule has 1 aliphatic heterocycles. The summed E-state index contributed by atoms with van der Waals surface area (Å²) in [6, 6.07) is 0. The second-order valence-corrected chi connectivity index (χ2v) is 13.7. The highest BCUT2D eigenvalue weighted by Gasteiger charge is 2.61. The van der Waals surface area contributed by atoms with Crippen molar-refractivity contribution in [2.75, 3.05) is 6.54 Å². The van der Waals surface area contributed by atoms with E-state index in [1.165, 1.54) is 44.9 Å². The Balaban J connectivity index is 1.11. The third-order valence-electron chi connectivity index (χ3n) is 11.9. The smallest absolute Gasteiger partial charge is 0.224 e. The molecule has 4 nitrogen and oxygen atoms in total. The van der Waals surface area contributed by atoms with Gasteiger partial charge in [-0.3, -0.25) is 9.59 Å². The summed E-state index contributed by atoms with van der Waals surface area (Å²) < 4.78 is 0. The molecule has 2 N–H and O–H groups in total. The fourth-order valence-corrected chi connectivity index (χ4v) is 10.8. The number of ketones is 1. The standard InChI is InChI=1S/C29H40N2O2/c1-27-8-6-23-21(16-30-25-12-20(32)5-7-28(23,25)2)22(27)3-4-24(27)26(33)31-29-13-17-9-18(14-29)11-19(10-17)15-29/h5,7,12,17-19,21-24,30H,3-4,6,8-11,13-16H2,1-2H3,(H,31,33)/t17?,18?,19?,21-,22-,23+,24?,27-,28+,29?/m0/s1. The molecule has 0 aromatic heterocycles. The first-order valence-corrected chi connectivity index (χ1v) is 13.8. The van der Waals surface area contributed by atoms with Gasteiger partial charge in [0.2, 0.25) is 5.91 Å². The lowest BCUT2D eigenvalue weighted by Crippen LogP contribution is -2.62. The van der Waals surface area contributed by atoms with E-state index in [0.717, 1.165) is 49.3 Å². The number of fused-ring (bicyclic) bond motifs is 5. The fourth-order valence-electron chi connectivity index (χ4n) is 10.8. The van der Waals surface area contributed by atoms with Crippen LogP contribution in [-0.2, 0) is 9.59 Å². The highest BCUT2D eigenvalue weighted by Crippen LogP contribution is 2.64. The summed E-state index contributed by atoms with van der Waals surface area (Å²) in [5.41, 5.74) is 1.30. The van der Waals surface area contributed by atoms with E-state index in [0.29, 0.717) is 23.7 Å². The molecule has 33 heavy (non-hydrogen) atoms. The lowest BCUT2D eigenvalue weighted by Gasteiger charge is -2.58. The van der Waals surface area contributed by atoms with Gasteiger partial charge in [0.05, 0.1) is 0 Å². The number of rotatable bonds is 2. The van der Waals surface area contributed by atoms with Crippen LogP contribution in [0.25, 0.3) is 0 Å². The number of amides is 1. The van der Waals surface area contributed by atoms with Crippen LogP contribution in [0.2, 0.25) is 0 Å². The molecule has 4 bridgehead atoms. The van der Waals surface area contributed by atoms with Crippen LogP contribution in [0.3, 0.4) is 0 Å². The number of carbonyl (C=O) groups is 2. The van der Waals surface area contributed by atoms with Gasteiger partial charge >= 0.3 is 0 Å². The molecule has 7 aliphatic carbocycles. The molecule has 0 aromatic rings. The van der Waals surface area contributed by atoms with E-state index in [-0.39, 0.29) is 28.1 Å². The zero-order valence-corrected chi connectivity index (χ0v) is 20.4. The van der Waals surface area contributed by atoms with Gasteiger partial charge in [-0.2, -0.15) is 0 Å². The first kappa shape index (κ1) is 20.8. The minimum atomic E-state index is -0.0578. The van der Waals surface area contributed by atoms with Gasteiger partial charge < -0.3 is 10.6 Å². The summed E-state index contributed by atoms with van der Waals surface area (Å²) in [4.78, 5) is 25.9. The summed E-state index contributed by atoms with van der Waals surface area (Å²) in [7, 11) is 0. The fraction of sp³-hybridized carbons (Fsp3) is 0.793. The third-order valence-corrected chi connectivity index (χ3v) is 11.9. The number of hydrogen-bond acceptors (Lipinski definition) is 3. The Bertz CT molecular complexity index is 929. The van der Waals surface area contributed by atoms with Crippen molar-refractivity contribution in [1.29, 1.82) is 0 Å². The normalized spacial score (nSPS) is 53.6. The molecule has 7 fully saturated rings. The van der Waals surface area contributed by atoms with Gasteiger partial charge in [-0.1, -0.05) is 19.9 Å². The van der Waals surface area contributed by atoms with Gasteiger partial charge in [-0.25, -0.2) is 0 Å². The van der Waals surface area contributed by atoms with Crippen molar-refractivity contribution < 1.29 is 9.59 Å². The first-order chi connectivity index (χ1) is 15.8. The monoisotopic (exact) mass is 448 g/mol. The number of hydrogen-bond donors (Lipinski definition) is 2. The summed E-state index contributed by atoms with van der Waals surface area (Å²) >= 11 is 0. The number of piperidine rings is 1. The van der Waals surface area contributed by atoms with Crippen LogP contribution in [0.1, 0.15) is 78.1 Å². The van der Waals surface area contributed by atoms with Gasteiger partial charge in [-0.15, -0.1) is 0 Å². The highest BCUT2D eigenvalue weighted by molar-refractivity contribution is 6.01. The van der Waals surface area contributed by atoms with E-state index in [4.69, 9.17) is 0 Å². The lowest BCUT2D eigenvalue weighted by atomic mass is 9.50. The summed E-state index contributed by atoms with van der Waals surface area (Å²) in [6.07, 6.45) is 18.3. The molecular formula is C29H40N2O2. The van der Waals surface area contributed by atoms with Gasteiger partial charge in [0.25, 0.3) is 0 Å². The molecule has 8 rings (SSSR count). The Labute approximate surface area is 198 Å². The maximum atomic E-state index is 13.9. The van der Waals surface area contributed by atoms with Crippen molar-refractivity contribution in [3.05, 3.63) is 23.9 Å². The van der Waals surface area contributed by atoms with Crippen LogP contribution in [0, 0.1) is 52.3 Å². The van der Waals surface area contributed by atoms with E-state index < -0.39 is 0 Å². The SMILES string of the molecule is C[C@]12C=CC(=O)C=C1NC[C@@H]1[C@H]2CC[C@]2(C)C(C(=O)NC34CC5CC(CC(C5)C3)C4)CC[C@@H]12. The molecular weight excluding hydrogens is 408 g/mol. The molecule has 6 atom stereocenters. The first-order valence-electron chi connectivity index (χ1n) is 13.8. The topological polar surface area (TPSA) is 58.2 Å². The number of carbonyl (C=O) groups excluding carboxylic acids is 2. The van der Waals surface area contributed by atoms with Crippen molar-refractivity contribution in [2.24, 2.45) is 52.3 Å². The third kappa shape index (κ3) is 2.88. The average molecular weight is 449 g/mol. The molecule has 1 heterocycles. The highest BCUT2D eigenvalue weighted by atomic mass is 16.2. The van der Waals surface area contributed by atoms with Gasteiger partial charge in [0, 0.05) is 35.2 Å². The second kappa shape index (κ2) is 6.76. The van der Waals surface area contributed by atoms with Crippen LogP contribution < -0.4 is 10.6 Å². The number of allylic oxidation sites excluding steroid dienone is 3. The van der Waals surface area contributed by atoms with Crippen molar-refractivity contribution in [1.82, 2.24) is 10.6 Å². The van der Waals surface area contributed by atoms with Crippen LogP contribution in [0.5, 0.6) is 0 Å². The second-order valence-electron chi connectivity index (χ2n) is 13.7. The molecule has 8 aliphatic rings. The maximum Gasteiger partial charge on any atom is 0.224 e. The van der Waals surface area contributed by atoms with E-state index in [9.17, 15) is 9.59 Å². The predicted octanol–water partition coefficient (Wildman–Crippen LogP) is 4.76. The molecule has 178 valence electrons. The minimum absolute atomic E-state index is 0.0578. The van der Waals surface area contributed by atoms with Crippen molar-refractivity contribution >= 4 is 11.7 Å². The molecule has 1 unspecified atom stereocenters. The molecule has 1 amide bonds. The largest absolute Gasteiger partial charge is 0.387 e. The Morgan fingerprint density at radius 1 is 1.00 bits per heavy atom. The van der Waals surface area contributed by atoms with Crippen molar-refractivity contribution in [3.8, 4) is 0 Å². The molecule has 0 spiro atoms. The van der Waals surface area contributed by atoms with Crippen LogP contribution >= 0.6 is 0 Å². The van der Waals surface area contributed by atoms with Gasteiger partial charge in [0.15, 0.2) is 5.78 Å². The zero-order valence-electron chi connectivity index (χ0n) is 20.4. The Kier molecular flexibility index (Phi) is 4.25. The molecule has 0 aromatic carbocycles. The van der Waals surface area contributed by atoms with Crippen molar-refractivity contribution in [2.45, 2.75) is 83.6 Å². The number of nitrogens with one attached hydrogen (secondary N) is 2. The molecule has 1 saturated heterocycles. The zero-order chi connectivity index (χ0) is 22.6. The summed E-state index contributed by atoms with van der Waals surface area (Å²) in [5.74, 6) is 5.01. The van der Waals surface area contributed by atoms with E-state index in [1.807, 2.05) is 6.08 Å². The summed E-state index contributed by atoms with van der Waals surface area (Å²) in [5, 5.41) is 7.40. The van der Waals surface area contributed by atoms with Gasteiger partial charge in [0.1, 0.15) is 0 Å². The maximum absolute atomic E-state index is 13.9. The van der Waals surface area contributed by atoms with E-state index in [2.05, 4.69) is 30.6 Å². The average Bonchev–Trinajstić information content (AvgIpc) is 3.10. The van der Waals surface area contributed by atoms with Crippen LogP contribution in [0.4, 0.5) is 0 Å². The van der Waals surface area contributed by atoms with Gasteiger partial charge in [-0.05, 0) is 111 Å². The van der Waals surface area contributed by atoms with Crippen LogP contribution in [0.15, 0.2) is 23.9 Å².